The first-order chi connectivity index (χ1) is 11.3. The lowest BCUT2D eigenvalue weighted by atomic mass is 9.98. The zero-order chi connectivity index (χ0) is 17.7. The number of sulfone groups is 1. The molecule has 1 aliphatic rings. The molecule has 0 spiro atoms. The van der Waals surface area contributed by atoms with Crippen molar-refractivity contribution in [1.82, 2.24) is 4.90 Å². The van der Waals surface area contributed by atoms with Gasteiger partial charge in [0.1, 0.15) is 0 Å². The fraction of sp³-hybridized carbons (Fsp3) is 0.632. The molecule has 0 radical (unpaired) electrons. The Morgan fingerprint density at radius 2 is 1.67 bits per heavy atom. The molecule has 0 unspecified atom stereocenters. The van der Waals surface area contributed by atoms with Crippen molar-refractivity contribution < 1.29 is 13.2 Å². The van der Waals surface area contributed by atoms with Gasteiger partial charge in [0.25, 0.3) is 0 Å². The number of nitrogens with zero attached hydrogens (tertiary/aromatic N) is 1. The second-order valence-corrected chi connectivity index (χ2v) is 9.65. The molecule has 1 aromatic rings. The van der Waals surface area contributed by atoms with Crippen LogP contribution in [0, 0.1) is 5.92 Å². The van der Waals surface area contributed by atoms with Crippen LogP contribution in [0.15, 0.2) is 24.3 Å². The van der Waals surface area contributed by atoms with Crippen LogP contribution < -0.4 is 0 Å². The maximum atomic E-state index is 12.4. The van der Waals surface area contributed by atoms with Crippen LogP contribution in [0.1, 0.15) is 44.7 Å². The Morgan fingerprint density at radius 1 is 1.12 bits per heavy atom. The quantitative estimate of drug-likeness (QED) is 0.792. The first-order valence-corrected chi connectivity index (χ1v) is 10.6. The molecule has 0 aromatic heterocycles. The molecule has 1 amide bonds. The summed E-state index contributed by atoms with van der Waals surface area (Å²) in [5.41, 5.74) is 2.32. The Morgan fingerprint density at radius 3 is 2.17 bits per heavy atom. The summed E-state index contributed by atoms with van der Waals surface area (Å²) in [6, 6.07) is 8.20. The van der Waals surface area contributed by atoms with Crippen molar-refractivity contribution in [3.63, 3.8) is 0 Å². The van der Waals surface area contributed by atoms with Crippen LogP contribution in [0.25, 0.3) is 0 Å². The minimum absolute atomic E-state index is 0.143. The van der Waals surface area contributed by atoms with Gasteiger partial charge in [0, 0.05) is 13.1 Å². The van der Waals surface area contributed by atoms with Crippen molar-refractivity contribution in [1.29, 1.82) is 0 Å². The average molecular weight is 352 g/mol. The molecule has 1 saturated heterocycles. The number of amides is 1. The van der Waals surface area contributed by atoms with E-state index in [9.17, 15) is 13.2 Å². The van der Waals surface area contributed by atoms with Gasteiger partial charge in [-0.2, -0.15) is 0 Å². The summed E-state index contributed by atoms with van der Waals surface area (Å²) in [5.74, 6) is 0.584. The van der Waals surface area contributed by atoms with Gasteiger partial charge >= 0.3 is 0 Å². The Hall–Kier alpha value is -1.36. The Labute approximate surface area is 146 Å². The first-order valence-electron chi connectivity index (χ1n) is 8.89. The minimum Gasteiger partial charge on any atom is -0.342 e. The number of aryl methyl sites for hydroxylation is 1. The highest BCUT2D eigenvalue weighted by molar-refractivity contribution is 7.91. The summed E-state index contributed by atoms with van der Waals surface area (Å²) in [6.45, 7) is 6.92. The predicted molar refractivity (Wildman–Crippen MR) is 97.8 cm³/mol. The molecular weight excluding hydrogens is 322 g/mol. The van der Waals surface area contributed by atoms with Gasteiger partial charge in [-0.05, 0) is 50.2 Å². The summed E-state index contributed by atoms with van der Waals surface area (Å²) in [4.78, 5) is 14.3. The molecule has 0 saturated carbocycles. The predicted octanol–water partition coefficient (Wildman–Crippen LogP) is 2.85. The zero-order valence-electron chi connectivity index (χ0n) is 15.0. The lowest BCUT2D eigenvalue weighted by molar-refractivity contribution is -0.131. The van der Waals surface area contributed by atoms with E-state index in [0.29, 0.717) is 19.5 Å². The van der Waals surface area contributed by atoms with E-state index in [1.807, 2.05) is 17.0 Å². The molecule has 2 rings (SSSR count). The molecular formula is C19H29NO3S. The maximum Gasteiger partial charge on any atom is 0.226 e. The number of carbonyl (C=O) groups excluding carboxylic acids is 1. The maximum absolute atomic E-state index is 12.4. The zero-order valence-corrected chi connectivity index (χ0v) is 15.8. The molecule has 4 nitrogen and oxygen atoms in total. The number of benzene rings is 1. The molecule has 5 heteroatoms. The van der Waals surface area contributed by atoms with Crippen LogP contribution in [0.5, 0.6) is 0 Å². The van der Waals surface area contributed by atoms with Crippen LogP contribution >= 0.6 is 0 Å². The summed E-state index contributed by atoms with van der Waals surface area (Å²) < 4.78 is 24.1. The van der Waals surface area contributed by atoms with E-state index < -0.39 is 9.84 Å². The van der Waals surface area contributed by atoms with Gasteiger partial charge < -0.3 is 4.90 Å². The third-order valence-electron chi connectivity index (χ3n) is 4.94. The number of hydrogen-bond acceptors (Lipinski definition) is 3. The van der Waals surface area contributed by atoms with Crippen molar-refractivity contribution in [2.24, 2.45) is 5.92 Å². The molecule has 0 atom stereocenters. The summed E-state index contributed by atoms with van der Waals surface area (Å²) in [7, 11) is -2.99. The van der Waals surface area contributed by atoms with Gasteiger partial charge in [-0.25, -0.2) is 8.42 Å². The van der Waals surface area contributed by atoms with E-state index in [1.165, 1.54) is 5.56 Å². The number of piperidine rings is 1. The highest BCUT2D eigenvalue weighted by Gasteiger charge is 2.27. The Bertz CT molecular complexity index is 642. The number of likely N-dealkylation sites (tertiary alicyclic amines) is 1. The topological polar surface area (TPSA) is 54.5 Å². The third-order valence-corrected chi connectivity index (χ3v) is 7.31. The molecule has 0 aliphatic carbocycles. The van der Waals surface area contributed by atoms with Gasteiger partial charge in [0.05, 0.1) is 17.4 Å². The van der Waals surface area contributed by atoms with Gasteiger partial charge in [-0.1, -0.05) is 31.2 Å². The summed E-state index contributed by atoms with van der Waals surface area (Å²) >= 11 is 0. The van der Waals surface area contributed by atoms with Gasteiger partial charge in [-0.3, -0.25) is 4.79 Å². The number of hydrogen-bond donors (Lipinski definition) is 0. The molecule has 134 valence electrons. The monoisotopic (exact) mass is 351 g/mol. The normalized spacial score (nSPS) is 16.6. The number of rotatable bonds is 6. The fourth-order valence-corrected chi connectivity index (χ4v) is 4.42. The average Bonchev–Trinajstić information content (AvgIpc) is 2.55. The minimum atomic E-state index is -2.99. The van der Waals surface area contributed by atoms with E-state index in [4.69, 9.17) is 0 Å². The van der Waals surface area contributed by atoms with E-state index >= 15 is 0 Å². The van der Waals surface area contributed by atoms with Gasteiger partial charge in [0.15, 0.2) is 9.84 Å². The number of carbonyl (C=O) groups is 1. The Balaban J connectivity index is 1.84. The summed E-state index contributed by atoms with van der Waals surface area (Å²) in [6.07, 6.45) is 3.00. The van der Waals surface area contributed by atoms with Crippen LogP contribution in [-0.2, 0) is 27.5 Å². The highest BCUT2D eigenvalue weighted by atomic mass is 32.2. The van der Waals surface area contributed by atoms with Crippen molar-refractivity contribution >= 4 is 15.7 Å². The van der Waals surface area contributed by atoms with Crippen LogP contribution in [0.2, 0.25) is 0 Å². The summed E-state index contributed by atoms with van der Waals surface area (Å²) in [5, 5.41) is -0.316. The van der Waals surface area contributed by atoms with Crippen molar-refractivity contribution in [2.75, 3.05) is 18.8 Å². The Kier molecular flexibility index (Phi) is 6.44. The van der Waals surface area contributed by atoms with Crippen LogP contribution in [0.3, 0.4) is 0 Å². The molecule has 24 heavy (non-hydrogen) atoms. The molecule has 1 aliphatic heterocycles. The standard InChI is InChI=1S/C19H29NO3S/c1-4-16-5-7-17(8-6-16)13-19(21)20-11-9-18(10-12-20)14-24(22,23)15(2)3/h5-8,15,18H,4,9-14H2,1-3H3. The third kappa shape index (κ3) is 5.07. The van der Waals surface area contributed by atoms with E-state index in [1.54, 1.807) is 13.8 Å². The molecule has 1 fully saturated rings. The van der Waals surface area contributed by atoms with E-state index in [-0.39, 0.29) is 22.8 Å². The van der Waals surface area contributed by atoms with E-state index in [2.05, 4.69) is 19.1 Å². The van der Waals surface area contributed by atoms with Crippen molar-refractivity contribution in [3.8, 4) is 0 Å². The van der Waals surface area contributed by atoms with Crippen molar-refractivity contribution in [2.45, 2.75) is 51.7 Å². The lowest BCUT2D eigenvalue weighted by Crippen LogP contribution is -2.41. The van der Waals surface area contributed by atoms with Gasteiger partial charge in [-0.15, -0.1) is 0 Å². The van der Waals surface area contributed by atoms with Gasteiger partial charge in [0.2, 0.25) is 5.91 Å². The first kappa shape index (κ1) is 19.0. The lowest BCUT2D eigenvalue weighted by Gasteiger charge is -2.32. The van der Waals surface area contributed by atoms with Crippen LogP contribution in [0.4, 0.5) is 0 Å². The van der Waals surface area contributed by atoms with Crippen molar-refractivity contribution in [3.05, 3.63) is 35.4 Å². The molecule has 0 bridgehead atoms. The molecule has 0 N–H and O–H groups in total. The van der Waals surface area contributed by atoms with E-state index in [0.717, 1.165) is 24.8 Å². The van der Waals surface area contributed by atoms with Crippen LogP contribution in [-0.4, -0.2) is 43.3 Å². The fourth-order valence-electron chi connectivity index (χ4n) is 3.05. The molecule has 1 heterocycles. The second-order valence-electron chi connectivity index (χ2n) is 7.05. The SMILES string of the molecule is CCc1ccc(CC(=O)N2CCC(CS(=O)(=O)C(C)C)CC2)cc1. The second kappa shape index (κ2) is 8.15. The molecule has 1 aromatic carbocycles. The smallest absolute Gasteiger partial charge is 0.226 e. The highest BCUT2D eigenvalue weighted by Crippen LogP contribution is 2.21. The largest absolute Gasteiger partial charge is 0.342 e.